The maximum Gasteiger partial charge on any atom is 0.333 e. The van der Waals surface area contributed by atoms with Crippen molar-refractivity contribution < 1.29 is 14.3 Å². The van der Waals surface area contributed by atoms with E-state index in [0.717, 1.165) is 17.7 Å². The molecule has 0 saturated carbocycles. The van der Waals surface area contributed by atoms with Gasteiger partial charge in [0.2, 0.25) is 0 Å². The van der Waals surface area contributed by atoms with Crippen molar-refractivity contribution in [3.8, 4) is 5.75 Å². The summed E-state index contributed by atoms with van der Waals surface area (Å²) in [6.07, 6.45) is 2.58. The van der Waals surface area contributed by atoms with Crippen molar-refractivity contribution in [3.63, 3.8) is 0 Å². The molecule has 2 rings (SSSR count). The fourth-order valence-electron chi connectivity index (χ4n) is 3.57. The molecule has 24 heavy (non-hydrogen) atoms. The van der Waals surface area contributed by atoms with Gasteiger partial charge < -0.3 is 9.47 Å². The molecule has 0 aliphatic heterocycles. The topological polar surface area (TPSA) is 35.5 Å². The zero-order valence-electron chi connectivity index (χ0n) is 16.0. The number of esters is 1. The van der Waals surface area contributed by atoms with Crippen LogP contribution in [0.1, 0.15) is 69.6 Å². The van der Waals surface area contributed by atoms with Gasteiger partial charge in [0, 0.05) is 11.5 Å². The zero-order valence-corrected chi connectivity index (χ0v) is 16.0. The van der Waals surface area contributed by atoms with Crippen molar-refractivity contribution in [1.82, 2.24) is 0 Å². The molecule has 0 radical (unpaired) electrons. The highest BCUT2D eigenvalue weighted by Gasteiger charge is 2.36. The summed E-state index contributed by atoms with van der Waals surface area (Å²) in [6, 6.07) is 4.39. The second-order valence-electron chi connectivity index (χ2n) is 7.24. The summed E-state index contributed by atoms with van der Waals surface area (Å²) in [5.41, 5.74) is 4.45. The number of methoxy groups -OCH3 is 1. The van der Waals surface area contributed by atoms with Crippen LogP contribution >= 0.6 is 0 Å². The number of allylic oxidation sites excluding steroid dienone is 1. The fraction of sp³-hybridized carbons (Fsp3) is 0.571. The number of ether oxygens (including phenoxy) is 2. The lowest BCUT2D eigenvalue weighted by atomic mass is 9.71. The summed E-state index contributed by atoms with van der Waals surface area (Å²) in [5.74, 6) is 1.75. The molecule has 0 spiro atoms. The second kappa shape index (κ2) is 7.42. The third-order valence-electron chi connectivity index (χ3n) is 5.35. The Balaban J connectivity index is 2.42. The van der Waals surface area contributed by atoms with Crippen LogP contribution in [-0.2, 0) is 9.53 Å². The average molecular weight is 330 g/mol. The van der Waals surface area contributed by atoms with Crippen molar-refractivity contribution in [1.29, 1.82) is 0 Å². The molecule has 3 unspecified atom stereocenters. The molecule has 3 heteroatoms. The van der Waals surface area contributed by atoms with E-state index in [1.165, 1.54) is 11.1 Å². The third-order valence-corrected chi connectivity index (χ3v) is 5.35. The number of hydrogen-bond donors (Lipinski definition) is 0. The van der Waals surface area contributed by atoms with Gasteiger partial charge in [-0.1, -0.05) is 32.9 Å². The number of carbonyl (C=O) groups excluding carboxylic acids is 1. The number of benzene rings is 1. The normalized spacial score (nSPS) is 23.8. The lowest BCUT2D eigenvalue weighted by Crippen LogP contribution is -2.33. The highest BCUT2D eigenvalue weighted by molar-refractivity contribution is 5.87. The first kappa shape index (κ1) is 18.6. The summed E-state index contributed by atoms with van der Waals surface area (Å²) in [5, 5.41) is 0. The first-order valence-electron chi connectivity index (χ1n) is 8.82. The van der Waals surface area contributed by atoms with Gasteiger partial charge in [0.1, 0.15) is 11.9 Å². The largest absolute Gasteiger partial charge is 0.496 e. The molecule has 1 aromatic carbocycles. The first-order valence-corrected chi connectivity index (χ1v) is 8.82. The van der Waals surface area contributed by atoms with Gasteiger partial charge in [0.05, 0.1) is 7.11 Å². The highest BCUT2D eigenvalue weighted by atomic mass is 16.5. The Morgan fingerprint density at radius 1 is 1.29 bits per heavy atom. The Morgan fingerprint density at radius 2 is 1.96 bits per heavy atom. The predicted octanol–water partition coefficient (Wildman–Crippen LogP) is 5.13. The summed E-state index contributed by atoms with van der Waals surface area (Å²) in [6.45, 7) is 12.4. The summed E-state index contributed by atoms with van der Waals surface area (Å²) in [7, 11) is 1.70. The van der Waals surface area contributed by atoms with E-state index in [9.17, 15) is 4.79 Å². The van der Waals surface area contributed by atoms with E-state index >= 15 is 0 Å². The average Bonchev–Trinajstić information content (AvgIpc) is 2.55. The van der Waals surface area contributed by atoms with Gasteiger partial charge in [-0.15, -0.1) is 0 Å². The van der Waals surface area contributed by atoms with E-state index < -0.39 is 0 Å². The molecular weight excluding hydrogens is 300 g/mol. The van der Waals surface area contributed by atoms with Crippen molar-refractivity contribution in [2.24, 2.45) is 5.92 Å². The van der Waals surface area contributed by atoms with Crippen LogP contribution < -0.4 is 4.74 Å². The summed E-state index contributed by atoms with van der Waals surface area (Å²) < 4.78 is 11.4. The Bertz CT molecular complexity index is 643. The molecule has 0 saturated heterocycles. The van der Waals surface area contributed by atoms with Crippen LogP contribution in [0.4, 0.5) is 0 Å². The van der Waals surface area contributed by atoms with Crippen LogP contribution in [0, 0.1) is 12.8 Å². The van der Waals surface area contributed by atoms with Crippen molar-refractivity contribution in [2.75, 3.05) is 7.11 Å². The number of carbonyl (C=O) groups is 1. The molecular formula is C21H30O3. The van der Waals surface area contributed by atoms with Crippen molar-refractivity contribution in [2.45, 2.75) is 65.9 Å². The van der Waals surface area contributed by atoms with Crippen LogP contribution in [0.15, 0.2) is 23.8 Å². The Labute approximate surface area is 146 Å². The zero-order chi connectivity index (χ0) is 18.0. The van der Waals surface area contributed by atoms with Gasteiger partial charge in [-0.2, -0.15) is 0 Å². The number of rotatable bonds is 4. The Kier molecular flexibility index (Phi) is 5.74. The van der Waals surface area contributed by atoms with Gasteiger partial charge in [0.15, 0.2) is 0 Å². The molecule has 0 heterocycles. The van der Waals surface area contributed by atoms with Gasteiger partial charge in [-0.05, 0) is 61.8 Å². The van der Waals surface area contributed by atoms with Gasteiger partial charge in [-0.3, -0.25) is 0 Å². The molecule has 0 N–H and O–H groups in total. The molecule has 0 fully saturated rings. The van der Waals surface area contributed by atoms with Gasteiger partial charge in [0.25, 0.3) is 0 Å². The van der Waals surface area contributed by atoms with E-state index in [-0.39, 0.29) is 18.0 Å². The quantitative estimate of drug-likeness (QED) is 0.567. The summed E-state index contributed by atoms with van der Waals surface area (Å²) >= 11 is 0. The SMILES string of the molecule is CC=C(C)C(=O)OC1CC(C(C)C)c2cc(C)c(OC)cc2C1C. The molecule has 3 atom stereocenters. The lowest BCUT2D eigenvalue weighted by molar-refractivity contribution is -0.146. The number of aryl methyl sites for hydroxylation is 1. The minimum absolute atomic E-state index is 0.0975. The van der Waals surface area contributed by atoms with Crippen LogP contribution in [0.2, 0.25) is 0 Å². The smallest absolute Gasteiger partial charge is 0.333 e. The van der Waals surface area contributed by atoms with Crippen molar-refractivity contribution in [3.05, 3.63) is 40.5 Å². The highest BCUT2D eigenvalue weighted by Crippen LogP contribution is 2.45. The minimum Gasteiger partial charge on any atom is -0.496 e. The minimum atomic E-state index is -0.209. The van der Waals surface area contributed by atoms with E-state index in [1.54, 1.807) is 20.1 Å². The lowest BCUT2D eigenvalue weighted by Gasteiger charge is -2.38. The molecule has 1 aliphatic carbocycles. The fourth-order valence-corrected chi connectivity index (χ4v) is 3.57. The van der Waals surface area contributed by atoms with Crippen LogP contribution in [-0.4, -0.2) is 19.2 Å². The molecule has 0 bridgehead atoms. The van der Waals surface area contributed by atoms with Crippen molar-refractivity contribution >= 4 is 5.97 Å². The van der Waals surface area contributed by atoms with E-state index in [0.29, 0.717) is 17.4 Å². The molecule has 0 amide bonds. The molecule has 0 aromatic heterocycles. The monoisotopic (exact) mass is 330 g/mol. The second-order valence-corrected chi connectivity index (χ2v) is 7.24. The Morgan fingerprint density at radius 3 is 2.50 bits per heavy atom. The van der Waals surface area contributed by atoms with E-state index in [4.69, 9.17) is 9.47 Å². The molecule has 1 aromatic rings. The first-order chi connectivity index (χ1) is 11.3. The molecule has 1 aliphatic rings. The maximum atomic E-state index is 12.2. The number of hydrogen-bond acceptors (Lipinski definition) is 3. The van der Waals surface area contributed by atoms with Crippen LogP contribution in [0.25, 0.3) is 0 Å². The van der Waals surface area contributed by atoms with E-state index in [2.05, 4.69) is 39.8 Å². The summed E-state index contributed by atoms with van der Waals surface area (Å²) in [4.78, 5) is 12.2. The van der Waals surface area contributed by atoms with Crippen LogP contribution in [0.3, 0.4) is 0 Å². The third kappa shape index (κ3) is 3.50. The number of fused-ring (bicyclic) bond motifs is 1. The standard InChI is InChI=1S/C21H30O3/c1-8-13(4)21(22)24-20-10-16(12(2)3)18-9-14(5)19(23-7)11-17(18)15(20)6/h8-9,11-12,15-16,20H,10H2,1-7H3. The molecule has 3 nitrogen and oxygen atoms in total. The van der Waals surface area contributed by atoms with Gasteiger partial charge in [-0.25, -0.2) is 4.79 Å². The molecule has 132 valence electrons. The van der Waals surface area contributed by atoms with Gasteiger partial charge >= 0.3 is 5.97 Å². The maximum absolute atomic E-state index is 12.2. The Hall–Kier alpha value is -1.77. The predicted molar refractivity (Wildman–Crippen MR) is 97.7 cm³/mol. The van der Waals surface area contributed by atoms with E-state index in [1.807, 2.05) is 6.92 Å². The van der Waals surface area contributed by atoms with Crippen LogP contribution in [0.5, 0.6) is 5.75 Å².